The van der Waals surface area contributed by atoms with E-state index in [0.29, 0.717) is 22.6 Å². The molecular weight excluding hydrogens is 330 g/mol. The summed E-state index contributed by atoms with van der Waals surface area (Å²) >= 11 is 0. The Morgan fingerprint density at radius 2 is 1.73 bits per heavy atom. The largest absolute Gasteiger partial charge is 0.507 e. The summed E-state index contributed by atoms with van der Waals surface area (Å²) in [6, 6.07) is 10.5. The summed E-state index contributed by atoms with van der Waals surface area (Å²) < 4.78 is 5.42. The number of hydrogen-bond acceptors (Lipinski definition) is 5. The molecule has 0 spiro atoms. The van der Waals surface area contributed by atoms with Gasteiger partial charge < -0.3 is 14.7 Å². The Kier molecular flexibility index (Phi) is 5.26. The van der Waals surface area contributed by atoms with Crippen molar-refractivity contribution >= 4 is 17.4 Å². The summed E-state index contributed by atoms with van der Waals surface area (Å²) in [5.41, 5.74) is 1.70. The minimum absolute atomic E-state index is 0.0599. The van der Waals surface area contributed by atoms with Gasteiger partial charge in [-0.25, -0.2) is 0 Å². The maximum Gasteiger partial charge on any atom is 0.308 e. The number of carbonyl (C=O) groups excluding carboxylic acids is 2. The van der Waals surface area contributed by atoms with Crippen LogP contribution in [0.2, 0.25) is 0 Å². The molecule has 0 atom stereocenters. The van der Waals surface area contributed by atoms with Gasteiger partial charge in [0.1, 0.15) is 5.75 Å². The van der Waals surface area contributed by atoms with Crippen molar-refractivity contribution in [2.24, 2.45) is 0 Å². The highest BCUT2D eigenvalue weighted by molar-refractivity contribution is 6.15. The lowest BCUT2D eigenvalue weighted by Crippen LogP contribution is -2.31. The number of aryl methyl sites for hydroxylation is 1. The Balaban J connectivity index is 2.21. The summed E-state index contributed by atoms with van der Waals surface area (Å²) in [7, 11) is 0. The minimum atomic E-state index is -0.452. The SMILES string of the molecule is CC(=O)Oc1cc(C)c(O)c(C(=O)c2ccccc2)c1N1CCCCC1. The fourth-order valence-corrected chi connectivity index (χ4v) is 3.38. The fourth-order valence-electron chi connectivity index (χ4n) is 3.38. The molecule has 0 aromatic heterocycles. The molecule has 0 amide bonds. The Morgan fingerprint density at radius 1 is 1.08 bits per heavy atom. The normalized spacial score (nSPS) is 14.2. The molecule has 1 aliphatic heterocycles. The van der Waals surface area contributed by atoms with Gasteiger partial charge in [-0.2, -0.15) is 0 Å². The van der Waals surface area contributed by atoms with E-state index in [-0.39, 0.29) is 17.1 Å². The standard InChI is InChI=1S/C21H23NO4/c1-14-13-17(26-15(2)23)19(22-11-7-4-8-12-22)18(20(14)24)21(25)16-9-5-3-6-10-16/h3,5-6,9-10,13,24H,4,7-8,11-12H2,1-2H3. The molecule has 0 saturated carbocycles. The van der Waals surface area contributed by atoms with Crippen molar-refractivity contribution in [2.45, 2.75) is 33.1 Å². The van der Waals surface area contributed by atoms with Gasteiger partial charge in [0, 0.05) is 25.6 Å². The Bertz CT molecular complexity index is 824. The smallest absolute Gasteiger partial charge is 0.308 e. The number of nitrogens with zero attached hydrogens (tertiary/aromatic N) is 1. The number of esters is 1. The summed E-state index contributed by atoms with van der Waals surface area (Å²) in [5.74, 6) is -0.462. The number of ether oxygens (including phenoxy) is 1. The highest BCUT2D eigenvalue weighted by Crippen LogP contribution is 2.42. The molecule has 2 aromatic rings. The molecule has 1 fully saturated rings. The van der Waals surface area contributed by atoms with E-state index in [1.807, 2.05) is 11.0 Å². The lowest BCUT2D eigenvalue weighted by atomic mass is 9.96. The second-order valence-electron chi connectivity index (χ2n) is 6.60. The first-order valence-corrected chi connectivity index (χ1v) is 8.88. The third-order valence-corrected chi connectivity index (χ3v) is 4.62. The first kappa shape index (κ1) is 18.0. The van der Waals surface area contributed by atoms with Crippen molar-refractivity contribution in [3.63, 3.8) is 0 Å². The van der Waals surface area contributed by atoms with E-state index in [1.54, 1.807) is 37.3 Å². The molecular formula is C21H23NO4. The number of carbonyl (C=O) groups is 2. The van der Waals surface area contributed by atoms with E-state index in [2.05, 4.69) is 0 Å². The van der Waals surface area contributed by atoms with Crippen LogP contribution in [0.25, 0.3) is 0 Å². The van der Waals surface area contributed by atoms with Gasteiger partial charge in [0.15, 0.2) is 11.5 Å². The van der Waals surface area contributed by atoms with Crippen LogP contribution in [0.1, 0.15) is 47.7 Å². The van der Waals surface area contributed by atoms with E-state index in [9.17, 15) is 14.7 Å². The predicted molar refractivity (Wildman–Crippen MR) is 100 cm³/mol. The summed E-state index contributed by atoms with van der Waals surface area (Å²) in [6.45, 7) is 4.54. The van der Waals surface area contributed by atoms with Gasteiger partial charge in [-0.05, 0) is 37.8 Å². The molecule has 0 radical (unpaired) electrons. The number of phenols is 1. The number of anilines is 1. The van der Waals surface area contributed by atoms with Crippen LogP contribution in [-0.2, 0) is 4.79 Å². The van der Waals surface area contributed by atoms with Crippen molar-refractivity contribution in [2.75, 3.05) is 18.0 Å². The zero-order chi connectivity index (χ0) is 18.7. The first-order valence-electron chi connectivity index (χ1n) is 8.88. The van der Waals surface area contributed by atoms with Crippen LogP contribution in [0.5, 0.6) is 11.5 Å². The number of phenolic OH excluding ortho intramolecular Hbond substituents is 1. The molecule has 1 aliphatic rings. The number of piperidine rings is 1. The third-order valence-electron chi connectivity index (χ3n) is 4.62. The molecule has 1 N–H and O–H groups in total. The topological polar surface area (TPSA) is 66.8 Å². The molecule has 5 nitrogen and oxygen atoms in total. The molecule has 26 heavy (non-hydrogen) atoms. The zero-order valence-corrected chi connectivity index (χ0v) is 15.1. The van der Waals surface area contributed by atoms with Crippen LogP contribution in [0.4, 0.5) is 5.69 Å². The number of aromatic hydroxyl groups is 1. The van der Waals surface area contributed by atoms with Gasteiger partial charge in [0.25, 0.3) is 0 Å². The van der Waals surface area contributed by atoms with Crippen molar-refractivity contribution in [3.05, 3.63) is 53.1 Å². The maximum atomic E-state index is 13.2. The predicted octanol–water partition coefficient (Wildman–Crippen LogP) is 3.85. The second kappa shape index (κ2) is 7.60. The number of rotatable bonds is 4. The van der Waals surface area contributed by atoms with E-state index in [4.69, 9.17) is 4.74 Å². The average molecular weight is 353 g/mol. The summed E-state index contributed by atoms with van der Waals surface area (Å²) in [4.78, 5) is 26.8. The molecule has 1 saturated heterocycles. The Labute approximate surface area is 153 Å². The molecule has 3 rings (SSSR count). The third kappa shape index (κ3) is 3.57. The Hall–Kier alpha value is -2.82. The van der Waals surface area contributed by atoms with Crippen LogP contribution >= 0.6 is 0 Å². The molecule has 136 valence electrons. The van der Waals surface area contributed by atoms with Gasteiger partial charge >= 0.3 is 5.97 Å². The van der Waals surface area contributed by atoms with Crippen molar-refractivity contribution in [1.29, 1.82) is 0 Å². The van der Waals surface area contributed by atoms with Gasteiger partial charge in [-0.1, -0.05) is 30.3 Å². The Morgan fingerprint density at radius 3 is 2.35 bits per heavy atom. The van der Waals surface area contributed by atoms with Gasteiger partial charge in [0.2, 0.25) is 0 Å². The van der Waals surface area contributed by atoms with E-state index >= 15 is 0 Å². The molecule has 2 aromatic carbocycles. The van der Waals surface area contributed by atoms with Crippen molar-refractivity contribution < 1.29 is 19.4 Å². The number of ketones is 1. The van der Waals surface area contributed by atoms with E-state index in [0.717, 1.165) is 32.4 Å². The number of benzene rings is 2. The second-order valence-corrected chi connectivity index (χ2v) is 6.60. The van der Waals surface area contributed by atoms with Crippen LogP contribution in [0.15, 0.2) is 36.4 Å². The van der Waals surface area contributed by atoms with Crippen LogP contribution < -0.4 is 9.64 Å². The summed E-state index contributed by atoms with van der Waals surface area (Å²) in [6.07, 6.45) is 3.11. The quantitative estimate of drug-likeness (QED) is 0.514. The molecule has 1 heterocycles. The van der Waals surface area contributed by atoms with Crippen molar-refractivity contribution in [3.8, 4) is 11.5 Å². The number of hydrogen-bond donors (Lipinski definition) is 1. The summed E-state index contributed by atoms with van der Waals surface area (Å²) in [5, 5.41) is 10.7. The lowest BCUT2D eigenvalue weighted by Gasteiger charge is -2.32. The van der Waals surface area contributed by atoms with Gasteiger partial charge in [-0.15, -0.1) is 0 Å². The fraction of sp³-hybridized carbons (Fsp3) is 0.333. The maximum absolute atomic E-state index is 13.2. The van der Waals surface area contributed by atoms with E-state index in [1.165, 1.54) is 6.92 Å². The van der Waals surface area contributed by atoms with Crippen LogP contribution in [0.3, 0.4) is 0 Å². The zero-order valence-electron chi connectivity index (χ0n) is 15.1. The average Bonchev–Trinajstić information content (AvgIpc) is 2.64. The minimum Gasteiger partial charge on any atom is -0.507 e. The highest BCUT2D eigenvalue weighted by atomic mass is 16.5. The van der Waals surface area contributed by atoms with Gasteiger partial charge in [0.05, 0.1) is 11.3 Å². The van der Waals surface area contributed by atoms with E-state index < -0.39 is 5.97 Å². The molecule has 0 aliphatic carbocycles. The highest BCUT2D eigenvalue weighted by Gasteiger charge is 2.28. The van der Waals surface area contributed by atoms with Gasteiger partial charge in [-0.3, -0.25) is 9.59 Å². The molecule has 0 bridgehead atoms. The van der Waals surface area contributed by atoms with Crippen LogP contribution in [-0.4, -0.2) is 29.9 Å². The molecule has 0 unspecified atom stereocenters. The van der Waals surface area contributed by atoms with Crippen molar-refractivity contribution in [1.82, 2.24) is 0 Å². The monoisotopic (exact) mass is 353 g/mol. The molecule has 5 heteroatoms. The first-order chi connectivity index (χ1) is 12.5. The van der Waals surface area contributed by atoms with Crippen LogP contribution in [0, 0.1) is 6.92 Å². The lowest BCUT2D eigenvalue weighted by molar-refractivity contribution is -0.131.